The Morgan fingerprint density at radius 2 is 1.95 bits per heavy atom. The molecule has 2 atom stereocenters. The highest BCUT2D eigenvalue weighted by Crippen LogP contribution is 2.31. The number of urea groups is 1. The van der Waals surface area contributed by atoms with Crippen molar-refractivity contribution < 1.29 is 14.7 Å². The lowest BCUT2D eigenvalue weighted by atomic mass is 9.92. The molecule has 2 amide bonds. The van der Waals surface area contributed by atoms with E-state index in [0.29, 0.717) is 19.4 Å². The molecule has 5 heteroatoms. The van der Waals surface area contributed by atoms with Gasteiger partial charge in [-0.1, -0.05) is 0 Å². The Kier molecular flexibility index (Phi) is 3.74. The molecule has 2 saturated heterocycles. The van der Waals surface area contributed by atoms with Gasteiger partial charge in [-0.05, 0) is 46.5 Å². The molecule has 2 fully saturated rings. The lowest BCUT2D eigenvalue weighted by molar-refractivity contribution is -0.143. The summed E-state index contributed by atoms with van der Waals surface area (Å²) in [7, 11) is 0. The number of hydrogen-bond donors (Lipinski definition) is 1. The van der Waals surface area contributed by atoms with Gasteiger partial charge in [-0.25, -0.2) is 4.79 Å². The molecule has 19 heavy (non-hydrogen) atoms. The van der Waals surface area contributed by atoms with Gasteiger partial charge in [0.1, 0.15) is 0 Å². The minimum atomic E-state index is -0.736. The van der Waals surface area contributed by atoms with Crippen molar-refractivity contribution in [3.63, 3.8) is 0 Å². The number of carboxylic acids is 1. The number of carbonyl (C=O) groups is 2. The molecule has 2 unspecified atom stereocenters. The van der Waals surface area contributed by atoms with Gasteiger partial charge in [-0.15, -0.1) is 0 Å². The average Bonchev–Trinajstić information content (AvgIpc) is 2.67. The molecular weight excluding hydrogens is 244 g/mol. The normalized spacial score (nSPS) is 30.5. The monoisotopic (exact) mass is 268 g/mol. The van der Waals surface area contributed by atoms with Gasteiger partial charge < -0.3 is 14.9 Å². The summed E-state index contributed by atoms with van der Waals surface area (Å²) in [5.74, 6) is -1.04. The van der Waals surface area contributed by atoms with Crippen molar-refractivity contribution in [2.45, 2.75) is 58.0 Å². The van der Waals surface area contributed by atoms with Gasteiger partial charge in [0.25, 0.3) is 0 Å². The standard InChI is InChI=1S/C14H24N2O3/c1-10-9-11(12(17)18)5-8-15(10)13(19)16-7-4-6-14(16,2)3/h10-11H,4-9H2,1-3H3,(H,17,18). The van der Waals surface area contributed by atoms with Gasteiger partial charge in [0.2, 0.25) is 0 Å². The van der Waals surface area contributed by atoms with Gasteiger partial charge in [0.15, 0.2) is 0 Å². The zero-order valence-electron chi connectivity index (χ0n) is 12.1. The van der Waals surface area contributed by atoms with Crippen LogP contribution in [0, 0.1) is 5.92 Å². The second-order valence-corrected chi connectivity index (χ2v) is 6.45. The van der Waals surface area contributed by atoms with Crippen LogP contribution in [-0.2, 0) is 4.79 Å². The topological polar surface area (TPSA) is 60.9 Å². The van der Waals surface area contributed by atoms with Gasteiger partial charge in [0, 0.05) is 24.7 Å². The van der Waals surface area contributed by atoms with E-state index in [1.165, 1.54) is 0 Å². The SMILES string of the molecule is CC1CC(C(=O)O)CCN1C(=O)N1CCCC1(C)C. The van der Waals surface area contributed by atoms with Crippen molar-refractivity contribution in [3.05, 3.63) is 0 Å². The molecule has 0 aliphatic carbocycles. The first kappa shape index (κ1) is 14.2. The number of carbonyl (C=O) groups excluding carboxylic acids is 1. The Labute approximate surface area is 114 Å². The number of rotatable bonds is 1. The van der Waals surface area contributed by atoms with E-state index in [2.05, 4.69) is 13.8 Å². The quantitative estimate of drug-likeness (QED) is 0.792. The van der Waals surface area contributed by atoms with Crippen molar-refractivity contribution in [1.82, 2.24) is 9.80 Å². The maximum absolute atomic E-state index is 12.6. The molecule has 108 valence electrons. The fourth-order valence-corrected chi connectivity index (χ4v) is 3.30. The first-order chi connectivity index (χ1) is 8.83. The second-order valence-electron chi connectivity index (χ2n) is 6.45. The Bertz CT molecular complexity index is 381. The fraction of sp³-hybridized carbons (Fsp3) is 0.857. The van der Waals surface area contributed by atoms with Crippen molar-refractivity contribution in [2.75, 3.05) is 13.1 Å². The Morgan fingerprint density at radius 3 is 2.42 bits per heavy atom. The second kappa shape index (κ2) is 5.02. The molecular formula is C14H24N2O3. The van der Waals surface area contributed by atoms with Crippen LogP contribution in [-0.4, -0.2) is 51.6 Å². The predicted octanol–water partition coefficient (Wildman–Crippen LogP) is 2.17. The number of piperidine rings is 1. The first-order valence-electron chi connectivity index (χ1n) is 7.14. The van der Waals surface area contributed by atoms with E-state index in [4.69, 9.17) is 5.11 Å². The minimum absolute atomic E-state index is 0.0127. The highest BCUT2D eigenvalue weighted by Gasteiger charge is 2.40. The Hall–Kier alpha value is -1.26. The molecule has 0 saturated carbocycles. The van der Waals surface area contributed by atoms with Crippen LogP contribution in [0.2, 0.25) is 0 Å². The van der Waals surface area contributed by atoms with Crippen molar-refractivity contribution >= 4 is 12.0 Å². The van der Waals surface area contributed by atoms with E-state index in [1.807, 2.05) is 16.7 Å². The smallest absolute Gasteiger partial charge is 0.320 e. The third-order valence-corrected chi connectivity index (χ3v) is 4.60. The zero-order chi connectivity index (χ0) is 14.2. The van der Waals surface area contributed by atoms with Gasteiger partial charge >= 0.3 is 12.0 Å². The van der Waals surface area contributed by atoms with Crippen molar-refractivity contribution in [3.8, 4) is 0 Å². The highest BCUT2D eigenvalue weighted by molar-refractivity contribution is 5.77. The Balaban J connectivity index is 2.03. The van der Waals surface area contributed by atoms with Crippen molar-refractivity contribution in [2.24, 2.45) is 5.92 Å². The van der Waals surface area contributed by atoms with Gasteiger partial charge in [-0.2, -0.15) is 0 Å². The molecule has 2 heterocycles. The number of nitrogens with zero attached hydrogens (tertiary/aromatic N) is 2. The molecule has 0 aromatic heterocycles. The van der Waals surface area contributed by atoms with E-state index in [-0.39, 0.29) is 23.5 Å². The summed E-state index contributed by atoms with van der Waals surface area (Å²) in [4.78, 5) is 27.4. The van der Waals surface area contributed by atoms with Crippen LogP contribution in [0.5, 0.6) is 0 Å². The molecule has 1 N–H and O–H groups in total. The summed E-state index contributed by atoms with van der Waals surface area (Å²) in [6.45, 7) is 7.54. The molecule has 2 rings (SSSR count). The molecule has 0 aromatic rings. The molecule has 0 spiro atoms. The van der Waals surface area contributed by atoms with Crippen molar-refractivity contribution in [1.29, 1.82) is 0 Å². The molecule has 0 aromatic carbocycles. The number of aliphatic carboxylic acids is 1. The maximum Gasteiger partial charge on any atom is 0.320 e. The summed E-state index contributed by atoms with van der Waals surface area (Å²) in [5, 5.41) is 9.06. The largest absolute Gasteiger partial charge is 0.481 e. The lowest BCUT2D eigenvalue weighted by Gasteiger charge is -2.42. The molecule has 2 aliphatic rings. The summed E-state index contributed by atoms with van der Waals surface area (Å²) >= 11 is 0. The van der Waals surface area contributed by atoms with Crippen LogP contribution in [0.4, 0.5) is 4.79 Å². The first-order valence-corrected chi connectivity index (χ1v) is 7.14. The molecule has 2 aliphatic heterocycles. The average molecular weight is 268 g/mol. The van der Waals surface area contributed by atoms with Crippen LogP contribution in [0.3, 0.4) is 0 Å². The van der Waals surface area contributed by atoms with Crippen LogP contribution < -0.4 is 0 Å². The predicted molar refractivity (Wildman–Crippen MR) is 71.9 cm³/mol. The Morgan fingerprint density at radius 1 is 1.26 bits per heavy atom. The number of hydrogen-bond acceptors (Lipinski definition) is 2. The summed E-state index contributed by atoms with van der Waals surface area (Å²) in [5.41, 5.74) is -0.0690. The van der Waals surface area contributed by atoms with Crippen LogP contribution in [0.15, 0.2) is 0 Å². The van der Waals surface area contributed by atoms with E-state index in [1.54, 1.807) is 0 Å². The minimum Gasteiger partial charge on any atom is -0.481 e. The van der Waals surface area contributed by atoms with E-state index < -0.39 is 5.97 Å². The van der Waals surface area contributed by atoms with Crippen LogP contribution >= 0.6 is 0 Å². The number of carboxylic acid groups (broad SMARTS) is 1. The zero-order valence-corrected chi connectivity index (χ0v) is 12.1. The molecule has 0 radical (unpaired) electrons. The van der Waals surface area contributed by atoms with E-state index in [9.17, 15) is 9.59 Å². The fourth-order valence-electron chi connectivity index (χ4n) is 3.30. The lowest BCUT2D eigenvalue weighted by Crippen LogP contribution is -2.55. The summed E-state index contributed by atoms with van der Waals surface area (Å²) in [6, 6.07) is 0.0950. The number of amides is 2. The van der Waals surface area contributed by atoms with Gasteiger partial charge in [-0.3, -0.25) is 4.79 Å². The van der Waals surface area contributed by atoms with E-state index in [0.717, 1.165) is 19.4 Å². The third kappa shape index (κ3) is 2.69. The molecule has 0 bridgehead atoms. The highest BCUT2D eigenvalue weighted by atomic mass is 16.4. The summed E-state index contributed by atoms with van der Waals surface area (Å²) < 4.78 is 0. The van der Waals surface area contributed by atoms with Crippen LogP contribution in [0.25, 0.3) is 0 Å². The van der Waals surface area contributed by atoms with Gasteiger partial charge in [0.05, 0.1) is 5.92 Å². The van der Waals surface area contributed by atoms with E-state index >= 15 is 0 Å². The summed E-state index contributed by atoms with van der Waals surface area (Å²) in [6.07, 6.45) is 3.23. The third-order valence-electron chi connectivity index (χ3n) is 4.60. The number of likely N-dealkylation sites (tertiary alicyclic amines) is 2. The maximum atomic E-state index is 12.6. The molecule has 5 nitrogen and oxygen atoms in total. The van der Waals surface area contributed by atoms with Crippen LogP contribution in [0.1, 0.15) is 46.5 Å².